The number of nitro benzene ring substituents is 1. The Morgan fingerprint density at radius 1 is 1.13 bits per heavy atom. The number of rotatable bonds is 2. The zero-order valence-electron chi connectivity index (χ0n) is 12.3. The fourth-order valence-corrected chi connectivity index (χ4v) is 4.32. The fraction of sp³-hybridized carbons (Fsp3) is 0.222. The van der Waals surface area contributed by atoms with Gasteiger partial charge in [0.1, 0.15) is 5.69 Å². The van der Waals surface area contributed by atoms with Crippen molar-refractivity contribution in [2.24, 2.45) is 5.92 Å². The molecule has 23 heavy (non-hydrogen) atoms. The van der Waals surface area contributed by atoms with E-state index in [1.807, 2.05) is 24.3 Å². The Bertz CT molecular complexity index is 818. The lowest BCUT2D eigenvalue weighted by atomic mass is 9.77. The molecule has 0 saturated heterocycles. The predicted molar refractivity (Wildman–Crippen MR) is 93.6 cm³/mol. The predicted octanol–water partition coefficient (Wildman–Crippen LogP) is 5.18. The van der Waals surface area contributed by atoms with Crippen molar-refractivity contribution in [2.75, 3.05) is 5.32 Å². The second-order valence-electron chi connectivity index (χ2n) is 6.00. The van der Waals surface area contributed by atoms with Crippen LogP contribution in [0.15, 0.2) is 59.1 Å². The second-order valence-corrected chi connectivity index (χ2v) is 6.85. The molecule has 1 aliphatic heterocycles. The first-order valence-corrected chi connectivity index (χ1v) is 8.41. The van der Waals surface area contributed by atoms with Gasteiger partial charge in [-0.15, -0.1) is 0 Å². The third-order valence-corrected chi connectivity index (χ3v) is 5.53. The molecule has 1 aliphatic carbocycles. The molecule has 4 rings (SSSR count). The van der Waals surface area contributed by atoms with Crippen molar-refractivity contribution in [1.29, 1.82) is 0 Å². The van der Waals surface area contributed by atoms with E-state index in [0.717, 1.165) is 22.0 Å². The van der Waals surface area contributed by atoms with Crippen molar-refractivity contribution >= 4 is 27.3 Å². The summed E-state index contributed by atoms with van der Waals surface area (Å²) < 4.78 is 1.03. The lowest BCUT2D eigenvalue weighted by Gasteiger charge is -2.37. The number of hydrogen-bond donors (Lipinski definition) is 1. The zero-order valence-corrected chi connectivity index (χ0v) is 13.9. The van der Waals surface area contributed by atoms with Crippen LogP contribution in [0.25, 0.3) is 0 Å². The van der Waals surface area contributed by atoms with Crippen molar-refractivity contribution in [3.05, 3.63) is 80.3 Å². The molecule has 3 atom stereocenters. The number of allylic oxidation sites excluding steroid dienone is 2. The van der Waals surface area contributed by atoms with Crippen LogP contribution in [0.2, 0.25) is 0 Å². The summed E-state index contributed by atoms with van der Waals surface area (Å²) in [5, 5.41) is 14.9. The van der Waals surface area contributed by atoms with Crippen LogP contribution in [-0.4, -0.2) is 4.92 Å². The van der Waals surface area contributed by atoms with Crippen LogP contribution < -0.4 is 5.32 Å². The SMILES string of the molecule is O=[N+]([O-])c1cccc2c1N[C@H](c1ccccc1Br)[C@H]1CC=C[C@H]21. The topological polar surface area (TPSA) is 55.2 Å². The first kappa shape index (κ1) is 14.5. The summed E-state index contributed by atoms with van der Waals surface area (Å²) in [4.78, 5) is 11.1. The van der Waals surface area contributed by atoms with E-state index in [1.165, 1.54) is 0 Å². The second kappa shape index (κ2) is 5.49. The number of fused-ring (bicyclic) bond motifs is 3. The van der Waals surface area contributed by atoms with Crippen LogP contribution in [0.3, 0.4) is 0 Å². The Balaban J connectivity index is 1.87. The fourth-order valence-electron chi connectivity index (χ4n) is 3.79. The maximum Gasteiger partial charge on any atom is 0.292 e. The van der Waals surface area contributed by atoms with Crippen molar-refractivity contribution in [3.8, 4) is 0 Å². The van der Waals surface area contributed by atoms with Gasteiger partial charge in [-0.1, -0.05) is 58.4 Å². The number of para-hydroxylation sites is 1. The van der Waals surface area contributed by atoms with Crippen molar-refractivity contribution in [3.63, 3.8) is 0 Å². The van der Waals surface area contributed by atoms with E-state index in [2.05, 4.69) is 39.5 Å². The highest BCUT2D eigenvalue weighted by Crippen LogP contribution is 2.52. The molecule has 0 aromatic heterocycles. The summed E-state index contributed by atoms with van der Waals surface area (Å²) in [6.07, 6.45) is 5.36. The standard InChI is InChI=1S/C18H15BrN2O2/c19-15-9-2-1-5-14(15)17-12-7-3-6-11(12)13-8-4-10-16(21(22)23)18(13)20-17/h1-6,8-12,17,20H,7H2/t11-,12-,17-/m0/s1. The minimum atomic E-state index is -0.304. The summed E-state index contributed by atoms with van der Waals surface area (Å²) in [6, 6.07) is 13.5. The molecule has 2 aromatic rings. The molecule has 0 bridgehead atoms. The number of nitrogens with one attached hydrogen (secondary N) is 1. The normalized spacial score (nSPS) is 24.7. The van der Waals surface area contributed by atoms with Gasteiger partial charge in [-0.25, -0.2) is 0 Å². The quantitative estimate of drug-likeness (QED) is 0.449. The van der Waals surface area contributed by atoms with Gasteiger partial charge in [-0.2, -0.15) is 0 Å². The van der Waals surface area contributed by atoms with E-state index >= 15 is 0 Å². The van der Waals surface area contributed by atoms with Crippen molar-refractivity contribution in [1.82, 2.24) is 0 Å². The van der Waals surface area contributed by atoms with E-state index in [-0.39, 0.29) is 22.6 Å². The Kier molecular flexibility index (Phi) is 3.45. The number of benzene rings is 2. The smallest absolute Gasteiger partial charge is 0.292 e. The molecule has 2 aliphatic rings. The van der Waals surface area contributed by atoms with Crippen LogP contribution >= 0.6 is 15.9 Å². The molecule has 1 N–H and O–H groups in total. The Hall–Kier alpha value is -2.14. The summed E-state index contributed by atoms with van der Waals surface area (Å²) in [5.74, 6) is 0.603. The van der Waals surface area contributed by atoms with E-state index in [4.69, 9.17) is 0 Å². The van der Waals surface area contributed by atoms with Gasteiger partial charge in [0.2, 0.25) is 0 Å². The molecule has 0 amide bonds. The molecule has 0 unspecified atom stereocenters. The molecule has 0 radical (unpaired) electrons. The van der Waals surface area contributed by atoms with Gasteiger partial charge in [0.05, 0.1) is 11.0 Å². The summed E-state index contributed by atoms with van der Waals surface area (Å²) >= 11 is 3.62. The first-order chi connectivity index (χ1) is 11.2. The number of anilines is 1. The zero-order chi connectivity index (χ0) is 16.0. The molecular formula is C18H15BrN2O2. The van der Waals surface area contributed by atoms with Crippen LogP contribution in [0.1, 0.15) is 29.5 Å². The first-order valence-electron chi connectivity index (χ1n) is 7.61. The molecule has 116 valence electrons. The molecular weight excluding hydrogens is 356 g/mol. The average molecular weight is 371 g/mol. The number of halogens is 1. The molecule has 0 saturated carbocycles. The number of nitrogens with zero attached hydrogens (tertiary/aromatic N) is 1. The van der Waals surface area contributed by atoms with Gasteiger partial charge in [0.15, 0.2) is 0 Å². The highest BCUT2D eigenvalue weighted by Gasteiger charge is 2.40. The Morgan fingerprint density at radius 2 is 1.91 bits per heavy atom. The molecule has 1 heterocycles. The molecule has 2 aromatic carbocycles. The lowest BCUT2D eigenvalue weighted by Crippen LogP contribution is -2.29. The number of nitro groups is 1. The third-order valence-electron chi connectivity index (χ3n) is 4.81. The summed E-state index contributed by atoms with van der Waals surface area (Å²) in [7, 11) is 0. The monoisotopic (exact) mass is 370 g/mol. The third kappa shape index (κ3) is 2.27. The highest BCUT2D eigenvalue weighted by atomic mass is 79.9. The van der Waals surface area contributed by atoms with Gasteiger partial charge in [0, 0.05) is 16.5 Å². The van der Waals surface area contributed by atoms with Crippen molar-refractivity contribution in [2.45, 2.75) is 18.4 Å². The van der Waals surface area contributed by atoms with Gasteiger partial charge >= 0.3 is 0 Å². The van der Waals surface area contributed by atoms with E-state index in [0.29, 0.717) is 11.6 Å². The average Bonchev–Trinajstić information content (AvgIpc) is 3.04. The highest BCUT2D eigenvalue weighted by molar-refractivity contribution is 9.10. The molecule has 4 nitrogen and oxygen atoms in total. The summed E-state index contributed by atoms with van der Waals surface area (Å²) in [5.41, 5.74) is 2.99. The minimum absolute atomic E-state index is 0.0548. The Morgan fingerprint density at radius 3 is 2.70 bits per heavy atom. The molecule has 0 spiro atoms. The van der Waals surface area contributed by atoms with Gasteiger partial charge < -0.3 is 5.32 Å². The van der Waals surface area contributed by atoms with E-state index in [1.54, 1.807) is 12.1 Å². The van der Waals surface area contributed by atoms with Crippen molar-refractivity contribution < 1.29 is 4.92 Å². The molecule has 5 heteroatoms. The van der Waals surface area contributed by atoms with Gasteiger partial charge in [0.25, 0.3) is 5.69 Å². The van der Waals surface area contributed by atoms with Gasteiger partial charge in [-0.05, 0) is 29.5 Å². The molecule has 0 fully saturated rings. The minimum Gasteiger partial charge on any atom is -0.372 e. The lowest BCUT2D eigenvalue weighted by molar-refractivity contribution is -0.384. The van der Waals surface area contributed by atoms with Crippen LogP contribution in [-0.2, 0) is 0 Å². The van der Waals surface area contributed by atoms with Gasteiger partial charge in [-0.3, -0.25) is 10.1 Å². The van der Waals surface area contributed by atoms with Crippen LogP contribution in [0.4, 0.5) is 11.4 Å². The van der Waals surface area contributed by atoms with Crippen LogP contribution in [0.5, 0.6) is 0 Å². The number of hydrogen-bond acceptors (Lipinski definition) is 3. The maximum atomic E-state index is 11.4. The summed E-state index contributed by atoms with van der Waals surface area (Å²) in [6.45, 7) is 0. The maximum absolute atomic E-state index is 11.4. The van der Waals surface area contributed by atoms with Crippen LogP contribution in [0, 0.1) is 16.0 Å². The van der Waals surface area contributed by atoms with E-state index in [9.17, 15) is 10.1 Å². The largest absolute Gasteiger partial charge is 0.372 e. The van der Waals surface area contributed by atoms with E-state index < -0.39 is 0 Å². The Labute approximate surface area is 142 Å².